The van der Waals surface area contributed by atoms with E-state index < -0.39 is 0 Å². The molecule has 25 heavy (non-hydrogen) atoms. The number of hydrogen-bond donors (Lipinski definition) is 1. The molecule has 0 bridgehead atoms. The zero-order valence-electron chi connectivity index (χ0n) is 14.6. The van der Waals surface area contributed by atoms with E-state index in [-0.39, 0.29) is 17.6 Å². The standard InChI is InChI=1S/C16H25N5O4/c1-24-16(23)21-6-4-20(5-7-21)13-14(12-17)15(22)18-2-3-19-8-10-25-11-9-19/h13H,2-11H2,1H3,(H,18,22)/b14-13-. The highest BCUT2D eigenvalue weighted by Crippen LogP contribution is 2.06. The molecule has 0 aromatic heterocycles. The van der Waals surface area contributed by atoms with E-state index in [1.165, 1.54) is 7.11 Å². The second kappa shape index (κ2) is 9.86. The first-order chi connectivity index (χ1) is 12.1. The quantitative estimate of drug-likeness (QED) is 0.513. The summed E-state index contributed by atoms with van der Waals surface area (Å²) >= 11 is 0. The molecular weight excluding hydrogens is 326 g/mol. The predicted molar refractivity (Wildman–Crippen MR) is 89.5 cm³/mol. The van der Waals surface area contributed by atoms with E-state index in [2.05, 4.69) is 15.0 Å². The Balaban J connectivity index is 1.76. The molecule has 2 aliphatic rings. The highest BCUT2D eigenvalue weighted by Gasteiger charge is 2.21. The summed E-state index contributed by atoms with van der Waals surface area (Å²) in [6, 6.07) is 1.95. The summed E-state index contributed by atoms with van der Waals surface area (Å²) < 4.78 is 9.96. The van der Waals surface area contributed by atoms with Gasteiger partial charge in [0.15, 0.2) is 0 Å². The Morgan fingerprint density at radius 2 is 1.88 bits per heavy atom. The predicted octanol–water partition coefficient (Wildman–Crippen LogP) is -0.774. The number of nitrogens with zero attached hydrogens (tertiary/aromatic N) is 4. The second-order valence-corrected chi connectivity index (χ2v) is 5.86. The Morgan fingerprint density at radius 3 is 2.48 bits per heavy atom. The van der Waals surface area contributed by atoms with Gasteiger partial charge in [-0.25, -0.2) is 4.79 Å². The lowest BCUT2D eigenvalue weighted by Gasteiger charge is -2.33. The molecule has 2 rings (SSSR count). The minimum atomic E-state index is -0.369. The zero-order chi connectivity index (χ0) is 18.1. The van der Waals surface area contributed by atoms with Crippen LogP contribution in [0.3, 0.4) is 0 Å². The fourth-order valence-electron chi connectivity index (χ4n) is 2.73. The smallest absolute Gasteiger partial charge is 0.409 e. The van der Waals surface area contributed by atoms with Crippen molar-refractivity contribution in [1.29, 1.82) is 5.26 Å². The molecule has 0 aromatic rings. The summed E-state index contributed by atoms with van der Waals surface area (Å²) in [5.74, 6) is -0.369. The highest BCUT2D eigenvalue weighted by atomic mass is 16.5. The van der Waals surface area contributed by atoms with Crippen molar-refractivity contribution < 1.29 is 19.1 Å². The number of hydrogen-bond acceptors (Lipinski definition) is 7. The topological polar surface area (TPSA) is 98.1 Å². The van der Waals surface area contributed by atoms with Crippen molar-refractivity contribution in [3.05, 3.63) is 11.8 Å². The third kappa shape index (κ3) is 5.92. The van der Waals surface area contributed by atoms with E-state index in [0.717, 1.165) is 32.8 Å². The summed E-state index contributed by atoms with van der Waals surface area (Å²) in [7, 11) is 1.35. The third-order valence-electron chi connectivity index (χ3n) is 4.24. The van der Waals surface area contributed by atoms with Gasteiger partial charge in [-0.15, -0.1) is 0 Å². The van der Waals surface area contributed by atoms with Gasteiger partial charge in [0, 0.05) is 58.6 Å². The van der Waals surface area contributed by atoms with Gasteiger partial charge in [-0.1, -0.05) is 0 Å². The SMILES string of the molecule is COC(=O)N1CCN(/C=C(/C#N)C(=O)NCCN2CCOCC2)CC1. The van der Waals surface area contributed by atoms with E-state index in [1.54, 1.807) is 11.1 Å². The zero-order valence-corrected chi connectivity index (χ0v) is 14.6. The molecular formula is C16H25N5O4. The summed E-state index contributed by atoms with van der Waals surface area (Å²) in [5, 5.41) is 12.0. The molecule has 138 valence electrons. The van der Waals surface area contributed by atoms with Crippen LogP contribution < -0.4 is 5.32 Å². The highest BCUT2D eigenvalue weighted by molar-refractivity contribution is 5.97. The molecule has 0 atom stereocenters. The fraction of sp³-hybridized carbons (Fsp3) is 0.688. The molecule has 2 saturated heterocycles. The number of nitrogens with one attached hydrogen (secondary N) is 1. The number of carbonyl (C=O) groups is 2. The Hall–Kier alpha value is -2.31. The lowest BCUT2D eigenvalue weighted by atomic mass is 10.2. The second-order valence-electron chi connectivity index (χ2n) is 5.86. The lowest BCUT2D eigenvalue weighted by molar-refractivity contribution is -0.117. The maximum Gasteiger partial charge on any atom is 0.409 e. The maximum absolute atomic E-state index is 12.2. The molecule has 0 radical (unpaired) electrons. The van der Waals surface area contributed by atoms with Gasteiger partial charge >= 0.3 is 6.09 Å². The van der Waals surface area contributed by atoms with Gasteiger partial charge in [0.1, 0.15) is 11.6 Å². The van der Waals surface area contributed by atoms with Gasteiger partial charge in [0.05, 0.1) is 20.3 Å². The molecule has 0 spiro atoms. The number of ether oxygens (including phenoxy) is 2. The van der Waals surface area contributed by atoms with Crippen molar-refractivity contribution in [3.63, 3.8) is 0 Å². The van der Waals surface area contributed by atoms with Gasteiger partial charge in [0.25, 0.3) is 5.91 Å². The Kier molecular flexibility index (Phi) is 7.50. The molecule has 9 nitrogen and oxygen atoms in total. The van der Waals surface area contributed by atoms with Crippen LogP contribution in [0, 0.1) is 11.3 Å². The number of piperazine rings is 1. The summed E-state index contributed by atoms with van der Waals surface area (Å²) in [6.07, 6.45) is 1.21. The molecule has 0 aliphatic carbocycles. The summed E-state index contributed by atoms with van der Waals surface area (Å²) in [4.78, 5) is 29.3. The Labute approximate surface area is 147 Å². The maximum atomic E-state index is 12.2. The van der Waals surface area contributed by atoms with Gasteiger partial charge < -0.3 is 24.6 Å². The average Bonchev–Trinajstić information content (AvgIpc) is 2.66. The number of nitriles is 1. The molecule has 2 aliphatic heterocycles. The number of rotatable bonds is 5. The number of amides is 2. The molecule has 0 saturated carbocycles. The Morgan fingerprint density at radius 1 is 1.20 bits per heavy atom. The lowest BCUT2D eigenvalue weighted by Crippen LogP contribution is -2.47. The minimum absolute atomic E-state index is 0.0773. The van der Waals surface area contributed by atoms with Crippen LogP contribution in [0.4, 0.5) is 4.79 Å². The number of carbonyl (C=O) groups excluding carboxylic acids is 2. The van der Waals surface area contributed by atoms with Gasteiger partial charge in [-0.3, -0.25) is 9.69 Å². The molecule has 2 heterocycles. The van der Waals surface area contributed by atoms with Gasteiger partial charge in [-0.2, -0.15) is 5.26 Å². The normalized spacial score (nSPS) is 19.3. The van der Waals surface area contributed by atoms with Gasteiger partial charge in [0.2, 0.25) is 0 Å². The van der Waals surface area contributed by atoms with Crippen LogP contribution >= 0.6 is 0 Å². The van der Waals surface area contributed by atoms with Crippen molar-refractivity contribution >= 4 is 12.0 Å². The van der Waals surface area contributed by atoms with Crippen LogP contribution in [0.2, 0.25) is 0 Å². The first-order valence-electron chi connectivity index (χ1n) is 8.41. The first kappa shape index (κ1) is 19.0. The van der Waals surface area contributed by atoms with Crippen molar-refractivity contribution in [1.82, 2.24) is 20.0 Å². The van der Waals surface area contributed by atoms with Gasteiger partial charge in [-0.05, 0) is 0 Å². The van der Waals surface area contributed by atoms with Crippen molar-refractivity contribution in [2.75, 3.05) is 72.7 Å². The molecule has 0 unspecified atom stereocenters. The third-order valence-corrected chi connectivity index (χ3v) is 4.24. The summed E-state index contributed by atoms with van der Waals surface area (Å²) in [6.45, 7) is 6.51. The van der Waals surface area contributed by atoms with E-state index in [9.17, 15) is 14.9 Å². The van der Waals surface area contributed by atoms with Crippen LogP contribution in [-0.2, 0) is 14.3 Å². The van der Waals surface area contributed by atoms with Crippen molar-refractivity contribution in [3.8, 4) is 6.07 Å². The minimum Gasteiger partial charge on any atom is -0.453 e. The molecule has 0 aromatic carbocycles. The fourth-order valence-corrected chi connectivity index (χ4v) is 2.73. The molecule has 9 heteroatoms. The molecule has 2 amide bonds. The van der Waals surface area contributed by atoms with E-state index in [1.807, 2.05) is 11.0 Å². The van der Waals surface area contributed by atoms with Crippen LogP contribution in [0.15, 0.2) is 11.8 Å². The van der Waals surface area contributed by atoms with Crippen LogP contribution in [0.25, 0.3) is 0 Å². The van der Waals surface area contributed by atoms with Crippen molar-refractivity contribution in [2.45, 2.75) is 0 Å². The number of methoxy groups -OCH3 is 1. The first-order valence-corrected chi connectivity index (χ1v) is 8.41. The van der Waals surface area contributed by atoms with Crippen LogP contribution in [-0.4, -0.2) is 99.4 Å². The largest absolute Gasteiger partial charge is 0.453 e. The van der Waals surface area contributed by atoms with Crippen molar-refractivity contribution in [2.24, 2.45) is 0 Å². The molecule has 2 fully saturated rings. The summed E-state index contributed by atoms with van der Waals surface area (Å²) in [5.41, 5.74) is 0.0773. The van der Waals surface area contributed by atoms with Crippen LogP contribution in [0.5, 0.6) is 0 Å². The van der Waals surface area contributed by atoms with Crippen LogP contribution in [0.1, 0.15) is 0 Å². The van der Waals surface area contributed by atoms with E-state index in [4.69, 9.17) is 4.74 Å². The van der Waals surface area contributed by atoms with E-state index in [0.29, 0.717) is 32.7 Å². The average molecular weight is 351 g/mol. The Bertz CT molecular complexity index is 531. The monoisotopic (exact) mass is 351 g/mol. The molecule has 1 N–H and O–H groups in total. The number of morpholine rings is 1. The van der Waals surface area contributed by atoms with E-state index >= 15 is 0 Å².